The van der Waals surface area contributed by atoms with Crippen molar-refractivity contribution < 1.29 is 4.79 Å². The number of hydrogen-bond acceptors (Lipinski definition) is 2. The summed E-state index contributed by atoms with van der Waals surface area (Å²) in [6.45, 7) is 4.39. The van der Waals surface area contributed by atoms with Crippen molar-refractivity contribution in [3.05, 3.63) is 64.7 Å². The lowest BCUT2D eigenvalue weighted by Crippen LogP contribution is -2.37. The normalized spacial score (nSPS) is 11.8. The summed E-state index contributed by atoms with van der Waals surface area (Å²) in [6, 6.07) is 15.3. The first-order valence-corrected chi connectivity index (χ1v) is 7.84. The van der Waals surface area contributed by atoms with Crippen molar-refractivity contribution in [2.24, 2.45) is 0 Å². The molecule has 0 saturated carbocycles. The predicted octanol–water partition coefficient (Wildman–Crippen LogP) is 4.02. The number of carbonyl (C=O) groups excluding carboxylic acids is 1. The number of amides is 1. The molecule has 0 aromatic heterocycles. The number of aryl methyl sites for hydroxylation is 1. The Balaban J connectivity index is 1.87. The highest BCUT2D eigenvalue weighted by Crippen LogP contribution is 2.15. The molecule has 2 rings (SSSR count). The average Bonchev–Trinajstić information content (AvgIpc) is 2.54. The van der Waals surface area contributed by atoms with Crippen LogP contribution in [0.2, 0.25) is 5.02 Å². The molecule has 0 aliphatic carbocycles. The summed E-state index contributed by atoms with van der Waals surface area (Å²) in [6.07, 6.45) is 1.01. The van der Waals surface area contributed by atoms with Gasteiger partial charge in [0.1, 0.15) is 6.04 Å². The van der Waals surface area contributed by atoms with Crippen molar-refractivity contribution in [1.29, 1.82) is 0 Å². The second kappa shape index (κ2) is 7.85. The highest BCUT2D eigenvalue weighted by atomic mass is 35.5. The van der Waals surface area contributed by atoms with Gasteiger partial charge in [-0.15, -0.1) is 0 Å². The van der Waals surface area contributed by atoms with Crippen molar-refractivity contribution in [2.45, 2.75) is 32.9 Å². The molecule has 1 unspecified atom stereocenters. The second-order valence-corrected chi connectivity index (χ2v) is 5.63. The van der Waals surface area contributed by atoms with Crippen LogP contribution in [0.3, 0.4) is 0 Å². The van der Waals surface area contributed by atoms with Crippen LogP contribution in [-0.4, -0.2) is 11.9 Å². The zero-order valence-electron chi connectivity index (χ0n) is 12.9. The standard InChI is InChI=1S/C18H21ClN2O/c1-3-14-8-10-16(11-9-14)21-13(2)18(22)20-12-15-6-4-5-7-17(15)19/h4-11,13,21H,3,12H2,1-2H3,(H,20,22). The van der Waals surface area contributed by atoms with E-state index in [4.69, 9.17) is 11.6 Å². The van der Waals surface area contributed by atoms with Gasteiger partial charge >= 0.3 is 0 Å². The fourth-order valence-corrected chi connectivity index (χ4v) is 2.33. The lowest BCUT2D eigenvalue weighted by Gasteiger charge is -2.16. The Bertz CT molecular complexity index is 625. The van der Waals surface area contributed by atoms with E-state index in [1.54, 1.807) is 0 Å². The SMILES string of the molecule is CCc1ccc(NC(C)C(=O)NCc2ccccc2Cl)cc1. The molecule has 4 heteroatoms. The quantitative estimate of drug-likeness (QED) is 0.845. The Morgan fingerprint density at radius 1 is 1.14 bits per heavy atom. The topological polar surface area (TPSA) is 41.1 Å². The van der Waals surface area contributed by atoms with Gasteiger partial charge in [0, 0.05) is 17.3 Å². The summed E-state index contributed by atoms with van der Waals surface area (Å²) in [4.78, 5) is 12.1. The van der Waals surface area contributed by atoms with E-state index in [9.17, 15) is 4.79 Å². The summed E-state index contributed by atoms with van der Waals surface area (Å²) in [5.41, 5.74) is 3.14. The van der Waals surface area contributed by atoms with E-state index < -0.39 is 0 Å². The van der Waals surface area contributed by atoms with E-state index in [2.05, 4.69) is 29.7 Å². The summed E-state index contributed by atoms with van der Waals surface area (Å²) in [5.74, 6) is -0.0560. The minimum atomic E-state index is -0.310. The molecule has 0 aliphatic heterocycles. The first-order valence-electron chi connectivity index (χ1n) is 7.46. The Labute approximate surface area is 136 Å². The zero-order chi connectivity index (χ0) is 15.9. The maximum atomic E-state index is 12.1. The molecule has 22 heavy (non-hydrogen) atoms. The van der Waals surface area contributed by atoms with Crippen LogP contribution >= 0.6 is 11.6 Å². The Kier molecular flexibility index (Phi) is 5.84. The highest BCUT2D eigenvalue weighted by molar-refractivity contribution is 6.31. The van der Waals surface area contributed by atoms with Gasteiger partial charge in [-0.25, -0.2) is 0 Å². The van der Waals surface area contributed by atoms with Crippen LogP contribution in [0.15, 0.2) is 48.5 Å². The van der Waals surface area contributed by atoms with Crippen molar-refractivity contribution in [1.82, 2.24) is 5.32 Å². The second-order valence-electron chi connectivity index (χ2n) is 5.23. The number of halogens is 1. The van der Waals surface area contributed by atoms with Crippen molar-refractivity contribution in [3.8, 4) is 0 Å². The van der Waals surface area contributed by atoms with Gasteiger partial charge < -0.3 is 10.6 Å². The molecule has 2 aromatic rings. The maximum Gasteiger partial charge on any atom is 0.242 e. The van der Waals surface area contributed by atoms with Crippen LogP contribution < -0.4 is 10.6 Å². The number of hydrogen-bond donors (Lipinski definition) is 2. The van der Waals surface area contributed by atoms with Crippen LogP contribution in [-0.2, 0) is 17.8 Å². The summed E-state index contributed by atoms with van der Waals surface area (Å²) < 4.78 is 0. The Morgan fingerprint density at radius 3 is 2.45 bits per heavy atom. The van der Waals surface area contributed by atoms with Crippen LogP contribution in [0.25, 0.3) is 0 Å². The van der Waals surface area contributed by atoms with E-state index in [1.807, 2.05) is 43.3 Å². The van der Waals surface area contributed by atoms with Gasteiger partial charge in [-0.3, -0.25) is 4.79 Å². The van der Waals surface area contributed by atoms with Gasteiger partial charge in [-0.2, -0.15) is 0 Å². The third-order valence-corrected chi connectivity index (χ3v) is 3.92. The predicted molar refractivity (Wildman–Crippen MR) is 92.2 cm³/mol. The average molecular weight is 317 g/mol. The number of nitrogens with one attached hydrogen (secondary N) is 2. The maximum absolute atomic E-state index is 12.1. The summed E-state index contributed by atoms with van der Waals surface area (Å²) in [7, 11) is 0. The molecule has 3 nitrogen and oxygen atoms in total. The van der Waals surface area contributed by atoms with Gasteiger partial charge in [0.05, 0.1) is 0 Å². The van der Waals surface area contributed by atoms with Crippen LogP contribution in [0, 0.1) is 0 Å². The molecule has 116 valence electrons. The Morgan fingerprint density at radius 2 is 1.82 bits per heavy atom. The number of rotatable bonds is 6. The van der Waals surface area contributed by atoms with E-state index in [-0.39, 0.29) is 11.9 Å². The van der Waals surface area contributed by atoms with Crippen molar-refractivity contribution in [3.63, 3.8) is 0 Å². The molecular formula is C18H21ClN2O. The van der Waals surface area contributed by atoms with Crippen LogP contribution in [0.1, 0.15) is 25.0 Å². The van der Waals surface area contributed by atoms with E-state index in [0.717, 1.165) is 17.7 Å². The van der Waals surface area contributed by atoms with Crippen molar-refractivity contribution >= 4 is 23.2 Å². The third kappa shape index (κ3) is 4.50. The molecule has 0 spiro atoms. The molecule has 0 radical (unpaired) electrons. The van der Waals surface area contributed by atoms with Gasteiger partial charge in [0.2, 0.25) is 5.91 Å². The van der Waals surface area contributed by atoms with Crippen LogP contribution in [0.4, 0.5) is 5.69 Å². The monoisotopic (exact) mass is 316 g/mol. The molecule has 0 bridgehead atoms. The molecule has 0 fully saturated rings. The fourth-order valence-electron chi connectivity index (χ4n) is 2.13. The zero-order valence-corrected chi connectivity index (χ0v) is 13.7. The molecule has 1 amide bonds. The lowest BCUT2D eigenvalue weighted by atomic mass is 10.1. The molecule has 2 N–H and O–H groups in total. The van der Waals surface area contributed by atoms with Gasteiger partial charge in [0.15, 0.2) is 0 Å². The minimum absolute atomic E-state index is 0.0560. The van der Waals surface area contributed by atoms with E-state index >= 15 is 0 Å². The van der Waals surface area contributed by atoms with Crippen LogP contribution in [0.5, 0.6) is 0 Å². The van der Waals surface area contributed by atoms with Gasteiger partial charge in [-0.1, -0.05) is 48.9 Å². The molecule has 0 aliphatic rings. The molecule has 0 heterocycles. The highest BCUT2D eigenvalue weighted by Gasteiger charge is 2.12. The van der Waals surface area contributed by atoms with E-state index in [0.29, 0.717) is 11.6 Å². The molecular weight excluding hydrogens is 296 g/mol. The first kappa shape index (κ1) is 16.4. The molecule has 1 atom stereocenters. The first-order chi connectivity index (χ1) is 10.6. The Hall–Kier alpha value is -2.00. The molecule has 2 aromatic carbocycles. The molecule has 0 saturated heterocycles. The lowest BCUT2D eigenvalue weighted by molar-refractivity contribution is -0.121. The van der Waals surface area contributed by atoms with Crippen molar-refractivity contribution in [2.75, 3.05) is 5.32 Å². The fraction of sp³-hybridized carbons (Fsp3) is 0.278. The number of benzene rings is 2. The third-order valence-electron chi connectivity index (χ3n) is 3.55. The van der Waals surface area contributed by atoms with Gasteiger partial charge in [0.25, 0.3) is 0 Å². The number of anilines is 1. The summed E-state index contributed by atoms with van der Waals surface area (Å²) >= 11 is 6.08. The van der Waals surface area contributed by atoms with E-state index in [1.165, 1.54) is 5.56 Å². The number of carbonyl (C=O) groups is 1. The van der Waals surface area contributed by atoms with Gasteiger partial charge in [-0.05, 0) is 42.7 Å². The summed E-state index contributed by atoms with van der Waals surface area (Å²) in [5, 5.41) is 6.76. The largest absolute Gasteiger partial charge is 0.374 e. The smallest absolute Gasteiger partial charge is 0.242 e. The minimum Gasteiger partial charge on any atom is -0.374 e.